The Labute approximate surface area is 168 Å². The van der Waals surface area contributed by atoms with Crippen LogP contribution in [-0.4, -0.2) is 46.3 Å². The molecule has 2 amide bonds. The van der Waals surface area contributed by atoms with E-state index in [2.05, 4.69) is 10.3 Å². The number of aryl methyl sites for hydroxylation is 1. The molecule has 28 heavy (non-hydrogen) atoms. The molecule has 0 radical (unpaired) electrons. The van der Waals surface area contributed by atoms with Crippen molar-refractivity contribution in [3.8, 4) is 10.6 Å². The van der Waals surface area contributed by atoms with Crippen molar-refractivity contribution in [1.82, 2.24) is 20.2 Å². The second-order valence-electron chi connectivity index (χ2n) is 8.34. The maximum Gasteiger partial charge on any atom is 0.226 e. The van der Waals surface area contributed by atoms with Gasteiger partial charge in [-0.3, -0.25) is 14.6 Å². The first kappa shape index (κ1) is 17.8. The minimum Gasteiger partial charge on any atom is -0.356 e. The molecule has 4 heterocycles. The number of carbonyl (C=O) groups excluding carboxylic acids is 2. The zero-order chi connectivity index (χ0) is 19.1. The molecule has 2 aliphatic heterocycles. The van der Waals surface area contributed by atoms with Crippen molar-refractivity contribution in [3.63, 3.8) is 0 Å². The van der Waals surface area contributed by atoms with Crippen molar-refractivity contribution < 1.29 is 9.59 Å². The molecule has 5 rings (SSSR count). The van der Waals surface area contributed by atoms with E-state index >= 15 is 0 Å². The summed E-state index contributed by atoms with van der Waals surface area (Å²) in [7, 11) is 0. The number of thiazole rings is 1. The summed E-state index contributed by atoms with van der Waals surface area (Å²) >= 11 is 1.75. The van der Waals surface area contributed by atoms with Crippen LogP contribution in [0.1, 0.15) is 36.3 Å². The number of hydrogen-bond acceptors (Lipinski definition) is 5. The van der Waals surface area contributed by atoms with Gasteiger partial charge < -0.3 is 10.2 Å². The molecule has 0 saturated carbocycles. The number of hydrogen-bond donors (Lipinski definition) is 1. The number of piperidine rings is 1. The molecular formula is C21H24N4O2S. The first-order chi connectivity index (χ1) is 13.6. The normalized spacial score (nSPS) is 23.5. The van der Waals surface area contributed by atoms with Crippen LogP contribution in [-0.2, 0) is 22.4 Å². The lowest BCUT2D eigenvalue weighted by molar-refractivity contribution is -0.138. The Morgan fingerprint density at radius 2 is 2.04 bits per heavy atom. The fraction of sp³-hybridized carbons (Fsp3) is 0.524. The highest BCUT2D eigenvalue weighted by Gasteiger charge is 2.42. The fourth-order valence-electron chi connectivity index (χ4n) is 4.77. The summed E-state index contributed by atoms with van der Waals surface area (Å²) in [5.41, 5.74) is 2.28. The fourth-order valence-corrected chi connectivity index (χ4v) is 5.88. The number of rotatable bonds is 2. The molecule has 1 spiro atoms. The lowest BCUT2D eigenvalue weighted by Gasteiger charge is -2.39. The van der Waals surface area contributed by atoms with E-state index in [1.54, 1.807) is 23.7 Å². The van der Waals surface area contributed by atoms with Crippen LogP contribution in [0.5, 0.6) is 0 Å². The predicted molar refractivity (Wildman–Crippen MR) is 107 cm³/mol. The second kappa shape index (κ2) is 6.95. The van der Waals surface area contributed by atoms with Crippen molar-refractivity contribution in [2.75, 3.05) is 19.6 Å². The van der Waals surface area contributed by atoms with Crippen molar-refractivity contribution in [1.29, 1.82) is 0 Å². The number of nitrogens with zero attached hydrogens (tertiary/aromatic N) is 3. The van der Waals surface area contributed by atoms with Crippen molar-refractivity contribution in [2.24, 2.45) is 11.3 Å². The smallest absolute Gasteiger partial charge is 0.226 e. The van der Waals surface area contributed by atoms with E-state index < -0.39 is 0 Å². The van der Waals surface area contributed by atoms with Gasteiger partial charge in [0.2, 0.25) is 11.8 Å². The summed E-state index contributed by atoms with van der Waals surface area (Å²) in [6.07, 6.45) is 8.65. The number of aromatic nitrogens is 2. The van der Waals surface area contributed by atoms with Crippen molar-refractivity contribution >= 4 is 23.2 Å². The lowest BCUT2D eigenvalue weighted by atomic mass is 9.77. The van der Waals surface area contributed by atoms with Gasteiger partial charge >= 0.3 is 0 Å². The maximum absolute atomic E-state index is 13.1. The average Bonchev–Trinajstić information content (AvgIpc) is 3.32. The van der Waals surface area contributed by atoms with E-state index in [0.717, 1.165) is 68.0 Å². The topological polar surface area (TPSA) is 75.2 Å². The molecule has 1 aliphatic carbocycles. The van der Waals surface area contributed by atoms with Gasteiger partial charge in [-0.1, -0.05) is 0 Å². The molecule has 1 atom stereocenters. The Bertz CT molecular complexity index is 902. The molecule has 146 valence electrons. The molecule has 6 nitrogen and oxygen atoms in total. The van der Waals surface area contributed by atoms with Gasteiger partial charge in [-0.05, 0) is 43.2 Å². The Balaban J connectivity index is 1.24. The van der Waals surface area contributed by atoms with E-state index in [4.69, 9.17) is 4.98 Å². The molecule has 2 aromatic rings. The van der Waals surface area contributed by atoms with Crippen LogP contribution in [0.15, 0.2) is 24.5 Å². The SMILES string of the molecule is O=C1CC2(CCN(C(=O)C3CCc4sc(-c5ccncc5)nc4C3)CC2)CN1. The maximum atomic E-state index is 13.1. The standard InChI is InChI=1S/C21H24N4O2S/c26-18-12-21(13-23-18)5-9-25(10-6-21)20(27)15-1-2-17-16(11-15)24-19(28-17)14-3-7-22-8-4-14/h3-4,7-8,15H,1-2,5-6,9-13H2,(H,23,26). The molecular weight excluding hydrogens is 372 g/mol. The van der Waals surface area contributed by atoms with Crippen LogP contribution in [0.25, 0.3) is 10.6 Å². The number of amides is 2. The van der Waals surface area contributed by atoms with Crippen LogP contribution >= 0.6 is 11.3 Å². The third-order valence-electron chi connectivity index (χ3n) is 6.55. The lowest BCUT2D eigenvalue weighted by Crippen LogP contribution is -2.46. The van der Waals surface area contributed by atoms with E-state index in [-0.39, 0.29) is 23.1 Å². The highest BCUT2D eigenvalue weighted by Crippen LogP contribution is 2.39. The minimum atomic E-state index is 0.0391. The monoisotopic (exact) mass is 396 g/mol. The van der Waals surface area contributed by atoms with Crippen LogP contribution < -0.4 is 5.32 Å². The summed E-state index contributed by atoms with van der Waals surface area (Å²) in [6.45, 7) is 2.32. The molecule has 2 aromatic heterocycles. The predicted octanol–water partition coefficient (Wildman–Crippen LogP) is 2.44. The first-order valence-corrected chi connectivity index (χ1v) is 10.9. The van der Waals surface area contributed by atoms with Crippen LogP contribution in [0.2, 0.25) is 0 Å². The van der Waals surface area contributed by atoms with Crippen LogP contribution in [0.4, 0.5) is 0 Å². The number of carbonyl (C=O) groups is 2. The van der Waals surface area contributed by atoms with E-state index in [1.807, 2.05) is 17.0 Å². The number of pyridine rings is 1. The van der Waals surface area contributed by atoms with Gasteiger partial charge in [0.25, 0.3) is 0 Å². The van der Waals surface area contributed by atoms with Crippen molar-refractivity contribution in [2.45, 2.75) is 38.5 Å². The Hall–Kier alpha value is -2.28. The summed E-state index contributed by atoms with van der Waals surface area (Å²) in [5, 5.41) is 3.99. The zero-order valence-electron chi connectivity index (χ0n) is 15.8. The molecule has 1 unspecified atom stereocenters. The molecule has 2 fully saturated rings. The van der Waals surface area contributed by atoms with Gasteiger partial charge in [0.1, 0.15) is 5.01 Å². The average molecular weight is 397 g/mol. The van der Waals surface area contributed by atoms with E-state index in [0.29, 0.717) is 6.42 Å². The third kappa shape index (κ3) is 3.21. The largest absolute Gasteiger partial charge is 0.356 e. The van der Waals surface area contributed by atoms with Gasteiger partial charge in [0.15, 0.2) is 0 Å². The molecule has 3 aliphatic rings. The Morgan fingerprint density at radius 3 is 2.75 bits per heavy atom. The number of likely N-dealkylation sites (tertiary alicyclic amines) is 1. The minimum absolute atomic E-state index is 0.0391. The van der Waals surface area contributed by atoms with Crippen LogP contribution in [0, 0.1) is 11.3 Å². The Morgan fingerprint density at radius 1 is 1.25 bits per heavy atom. The van der Waals surface area contributed by atoms with E-state index in [1.165, 1.54) is 4.88 Å². The highest BCUT2D eigenvalue weighted by molar-refractivity contribution is 7.15. The van der Waals surface area contributed by atoms with Gasteiger partial charge in [-0.2, -0.15) is 0 Å². The quantitative estimate of drug-likeness (QED) is 0.846. The zero-order valence-corrected chi connectivity index (χ0v) is 16.6. The molecule has 7 heteroatoms. The van der Waals surface area contributed by atoms with Gasteiger partial charge in [-0.25, -0.2) is 4.98 Å². The number of fused-ring (bicyclic) bond motifs is 1. The van der Waals surface area contributed by atoms with Crippen LogP contribution in [0.3, 0.4) is 0 Å². The highest BCUT2D eigenvalue weighted by atomic mass is 32.1. The van der Waals surface area contributed by atoms with Gasteiger partial charge in [0.05, 0.1) is 5.69 Å². The van der Waals surface area contributed by atoms with Crippen molar-refractivity contribution in [3.05, 3.63) is 35.1 Å². The summed E-state index contributed by atoms with van der Waals surface area (Å²) in [6, 6.07) is 3.97. The Kier molecular flexibility index (Phi) is 4.42. The van der Waals surface area contributed by atoms with Gasteiger partial charge in [0, 0.05) is 61.2 Å². The van der Waals surface area contributed by atoms with E-state index in [9.17, 15) is 9.59 Å². The molecule has 0 bridgehead atoms. The van der Waals surface area contributed by atoms with Gasteiger partial charge in [-0.15, -0.1) is 11.3 Å². The summed E-state index contributed by atoms with van der Waals surface area (Å²) in [4.78, 5) is 37.0. The molecule has 2 saturated heterocycles. The third-order valence-corrected chi connectivity index (χ3v) is 7.75. The summed E-state index contributed by atoms with van der Waals surface area (Å²) in [5.74, 6) is 0.474. The molecule has 0 aromatic carbocycles. The second-order valence-corrected chi connectivity index (χ2v) is 9.43. The first-order valence-electron chi connectivity index (χ1n) is 10.1. The summed E-state index contributed by atoms with van der Waals surface area (Å²) < 4.78 is 0. The molecule has 1 N–H and O–H groups in total. The number of nitrogens with one attached hydrogen (secondary N) is 1.